The van der Waals surface area contributed by atoms with E-state index in [-0.39, 0.29) is 57.2 Å². The van der Waals surface area contributed by atoms with Crippen LogP contribution in [0.4, 0.5) is 35.9 Å². The number of benzene rings is 6. The molecule has 0 radical (unpaired) electrons. The fourth-order valence-electron chi connectivity index (χ4n) is 14.1. The number of halogens is 9. The fourth-order valence-corrected chi connectivity index (χ4v) is 15.8. The molecule has 0 aliphatic heterocycles. The van der Waals surface area contributed by atoms with Crippen LogP contribution in [-0.2, 0) is 45.4 Å². The van der Waals surface area contributed by atoms with Gasteiger partial charge in [0.1, 0.15) is 40.0 Å². The number of rotatable bonds is 23. The lowest BCUT2D eigenvalue weighted by molar-refractivity contribution is -0.137. The Hall–Kier alpha value is -14.8. The summed E-state index contributed by atoms with van der Waals surface area (Å²) in [5.74, 6) is 0.587. The molecule has 12 heterocycles. The lowest BCUT2D eigenvalue weighted by Crippen LogP contribution is -2.14. The number of alkyl halides is 3. The van der Waals surface area contributed by atoms with Gasteiger partial charge in [0.05, 0.1) is 176 Å². The van der Waals surface area contributed by atoms with Crippen molar-refractivity contribution in [1.82, 2.24) is 120 Å². The van der Waals surface area contributed by atoms with Crippen molar-refractivity contribution in [2.45, 2.75) is 101 Å². The minimum Gasteiger partial charge on any atom is -0.497 e. The number of pyridine rings is 4. The van der Waals surface area contributed by atoms with Crippen LogP contribution in [0.15, 0.2) is 170 Å². The minimum absolute atomic E-state index is 0.0679. The van der Waals surface area contributed by atoms with Gasteiger partial charge >= 0.3 is 6.18 Å². The van der Waals surface area contributed by atoms with Gasteiger partial charge in [-0.05, 0) is 188 Å². The van der Waals surface area contributed by atoms with Gasteiger partial charge in [-0.25, -0.2) is 48.0 Å². The van der Waals surface area contributed by atoms with Gasteiger partial charge in [-0.2, -0.15) is 64.4 Å². The number of hydrogen-bond donors (Lipinski definition) is 6. The second kappa shape index (κ2) is 40.5. The third kappa shape index (κ3) is 20.9. The van der Waals surface area contributed by atoms with E-state index in [1.165, 1.54) is 36.9 Å². The van der Waals surface area contributed by atoms with Crippen LogP contribution in [0.5, 0.6) is 17.2 Å². The molecule has 0 spiro atoms. The van der Waals surface area contributed by atoms with Crippen molar-refractivity contribution in [3.8, 4) is 17.2 Å². The summed E-state index contributed by atoms with van der Waals surface area (Å²) in [5.41, 5.74) is 15.3. The molecule has 6 N–H and O–H groups in total. The Morgan fingerprint density at radius 1 is 0.336 bits per heavy atom. The highest BCUT2D eigenvalue weighted by atomic mass is 35.5. The first-order valence-electron chi connectivity index (χ1n) is 40.7. The Balaban J connectivity index is 0.000000138. The van der Waals surface area contributed by atoms with Crippen LogP contribution in [0.25, 0.3) is 44.1 Å². The normalized spacial score (nSPS) is 11.3. The second-order valence-electron chi connectivity index (χ2n) is 30.3. The number of aromatic nitrogens is 24. The Morgan fingerprint density at radius 2 is 0.597 bits per heavy atom. The van der Waals surface area contributed by atoms with E-state index in [2.05, 4.69) is 113 Å². The van der Waals surface area contributed by atoms with Crippen LogP contribution in [-0.4, -0.2) is 165 Å². The second-order valence-corrected chi connectivity index (χ2v) is 32.7. The van der Waals surface area contributed by atoms with Gasteiger partial charge in [-0.1, -0.05) is 104 Å². The standard InChI is InChI=1S/C27H23ClF3N7O2.C26H23Cl2N7O2.C19H18ClN7O2.C18H15Cl2N7O/c1-15-23-24(28)21(26(39)33-19-8-6-18(7-9-19)27(29,30)31)12-32-25(23)38(35-15)14-22-16(2)37(36-34-22)13-17-4-10-20(40-3)11-5-17;1-15-23-24(28)21(26(36)30-19-8-6-18(27)7-9-19)12-29-25(23)35(32-15)14-22-16(2)34(33-31-22)13-17-4-10-20(37-3)11-5-17;1-10-15(24-26-23-10)9-27-18-16(11(2)25-27)17(20)14(8-21-18)19(28)22-12-4-6-13(29-3)7-5-12;1-9-14(24-26-23-9)8-27-17-15(10(2)25-27)16(20)13(7-21-17)18(28)22-12-5-3-11(19)4-6-12/h4-12H,13-14H2,1-3H3,(H,33,39);4-12H,13-14H2,1-3H3,(H,30,36);4-8H,9H2,1-3H3,(H,22,28)(H,23,24,26);3-7H,8H2,1-2H3,(H,22,28)(H,23,24,26). The van der Waals surface area contributed by atoms with E-state index in [1.54, 1.807) is 124 Å². The monoisotopic (exact) mass is 1930 g/mol. The van der Waals surface area contributed by atoms with Crippen molar-refractivity contribution in [3.05, 3.63) is 308 Å². The maximum Gasteiger partial charge on any atom is 0.416 e. The van der Waals surface area contributed by atoms with E-state index in [9.17, 15) is 32.3 Å². The van der Waals surface area contributed by atoms with E-state index >= 15 is 0 Å². The number of nitrogens with one attached hydrogen (secondary N) is 6. The molecule has 18 aromatic rings. The van der Waals surface area contributed by atoms with Crippen molar-refractivity contribution in [3.63, 3.8) is 0 Å². The van der Waals surface area contributed by atoms with Gasteiger partial charge in [-0.15, -0.1) is 10.2 Å². The number of anilines is 4. The molecule has 0 aliphatic carbocycles. The van der Waals surface area contributed by atoms with Gasteiger partial charge in [0, 0.05) is 57.6 Å². The third-order valence-electron chi connectivity index (χ3n) is 21.5. The van der Waals surface area contributed by atoms with Crippen LogP contribution >= 0.6 is 69.6 Å². The number of carbonyl (C=O) groups excluding carboxylic acids is 4. The molecule has 35 nitrogen and oxygen atoms in total. The van der Waals surface area contributed by atoms with Crippen LogP contribution in [0, 0.1) is 55.4 Å². The van der Waals surface area contributed by atoms with Gasteiger partial charge in [0.2, 0.25) is 0 Å². The minimum atomic E-state index is -4.47. The quantitative estimate of drug-likeness (QED) is 0.0346. The SMILES string of the molecule is COc1ccc(Cn2nnc(Cn3nc(C)c4c(Cl)c(C(=O)Nc5ccc(C(F)(F)F)cc5)cnc43)c2C)cc1.COc1ccc(Cn2nnc(Cn3nc(C)c4c(Cl)c(C(=O)Nc5ccc(Cl)cc5)cnc43)c2C)cc1.COc1ccc(NC(=O)c2cnc3c(c(C)nn3Cc3n[nH]nc3C)c2Cl)cc1.Cc1n[nH]nc1Cn1nc(C)c2c(Cl)c(C(=O)Nc3ccc(Cl)cc3)cnc21. The maximum absolute atomic E-state index is 12.9. The van der Waals surface area contributed by atoms with Crippen molar-refractivity contribution in [2.75, 3.05) is 42.6 Å². The van der Waals surface area contributed by atoms with Crippen LogP contribution in [0.1, 0.15) is 126 Å². The van der Waals surface area contributed by atoms with E-state index in [4.69, 9.17) is 83.8 Å². The molecule has 0 aliphatic rings. The van der Waals surface area contributed by atoms with E-state index in [0.717, 1.165) is 74.6 Å². The first-order valence-corrected chi connectivity index (χ1v) is 43.0. The lowest BCUT2D eigenvalue weighted by Gasteiger charge is -2.10. The largest absolute Gasteiger partial charge is 0.497 e. The molecule has 44 heteroatoms. The molecule has 12 aromatic heterocycles. The van der Waals surface area contributed by atoms with Crippen molar-refractivity contribution >= 4 is 160 Å². The Morgan fingerprint density at radius 3 is 0.858 bits per heavy atom. The zero-order valence-corrected chi connectivity index (χ0v) is 77.5. The summed E-state index contributed by atoms with van der Waals surface area (Å²) in [4.78, 5) is 69.0. The molecule has 0 unspecified atom stereocenters. The van der Waals surface area contributed by atoms with Crippen molar-refractivity contribution in [2.24, 2.45) is 0 Å². The molecule has 0 bridgehead atoms. The molecule has 6 aromatic carbocycles. The highest BCUT2D eigenvalue weighted by Crippen LogP contribution is 2.37. The van der Waals surface area contributed by atoms with E-state index in [1.807, 2.05) is 102 Å². The fraction of sp³-hybridized carbons (Fsp3) is 0.200. The average molecular weight is 1930 g/mol. The topological polar surface area (TPSA) is 411 Å². The molecule has 134 heavy (non-hydrogen) atoms. The van der Waals surface area contributed by atoms with E-state index < -0.39 is 17.6 Å². The summed E-state index contributed by atoms with van der Waals surface area (Å²) in [6.45, 7) is 17.4. The van der Waals surface area contributed by atoms with Crippen LogP contribution < -0.4 is 35.5 Å². The summed E-state index contributed by atoms with van der Waals surface area (Å²) in [6.07, 6.45) is 1.21. The molecule has 4 amide bonds. The zero-order valence-electron chi connectivity index (χ0n) is 73.0. The molecule has 0 saturated heterocycles. The number of methoxy groups -OCH3 is 3. The number of fused-ring (bicyclic) bond motifs is 4. The highest BCUT2D eigenvalue weighted by molar-refractivity contribution is 6.41. The molecule has 0 saturated carbocycles. The van der Waals surface area contributed by atoms with Gasteiger partial charge in [0.15, 0.2) is 22.6 Å². The van der Waals surface area contributed by atoms with Crippen molar-refractivity contribution < 1.29 is 46.6 Å². The Bertz CT molecular complexity index is 7400. The number of nitrogens with zero attached hydrogens (tertiary/aromatic N) is 22. The van der Waals surface area contributed by atoms with Gasteiger partial charge in [-0.3, -0.25) is 19.2 Å². The number of carbonyl (C=O) groups is 4. The molecule has 18 rings (SSSR count). The molecular weight excluding hydrogens is 1850 g/mol. The number of H-pyrrole nitrogens is 2. The van der Waals surface area contributed by atoms with Crippen LogP contribution in [0.3, 0.4) is 0 Å². The summed E-state index contributed by atoms with van der Waals surface area (Å²) >= 11 is 38.2. The highest BCUT2D eigenvalue weighted by Gasteiger charge is 2.31. The third-order valence-corrected chi connectivity index (χ3v) is 23.5. The number of aryl methyl sites for hydroxylation is 6. The van der Waals surface area contributed by atoms with Gasteiger partial charge in [0.25, 0.3) is 23.6 Å². The number of ether oxygens (including phenoxy) is 3. The number of hydrogen-bond acceptors (Lipinski definition) is 23. The Labute approximate surface area is 790 Å². The smallest absolute Gasteiger partial charge is 0.416 e. The molecular formula is C90H79Cl6F3N28O7. The first kappa shape index (κ1) is 93.8. The summed E-state index contributed by atoms with van der Waals surface area (Å²) in [7, 11) is 4.84. The van der Waals surface area contributed by atoms with Gasteiger partial charge < -0.3 is 35.5 Å². The molecule has 0 fully saturated rings. The lowest BCUT2D eigenvalue weighted by atomic mass is 10.1. The summed E-state index contributed by atoms with van der Waals surface area (Å²) < 4.78 is 64.4. The summed E-state index contributed by atoms with van der Waals surface area (Å²) in [6, 6.07) is 40.3. The van der Waals surface area contributed by atoms with Crippen LogP contribution in [0.2, 0.25) is 30.1 Å². The summed E-state index contributed by atoms with van der Waals surface area (Å²) in [5, 5.41) is 72.5. The van der Waals surface area contributed by atoms with Crippen molar-refractivity contribution in [1.29, 1.82) is 0 Å². The predicted octanol–water partition coefficient (Wildman–Crippen LogP) is 17.9. The number of aromatic amines is 2. The molecule has 0 atom stereocenters. The first-order chi connectivity index (χ1) is 64.3. The molecule has 684 valence electrons. The van der Waals surface area contributed by atoms with E-state index in [0.29, 0.717) is 153 Å². The maximum atomic E-state index is 12.9. The predicted molar refractivity (Wildman–Crippen MR) is 501 cm³/mol. The average Bonchev–Trinajstić information content (AvgIpc) is 1.63. The number of amides is 4. The Kier molecular flexibility index (Phi) is 28.4. The zero-order chi connectivity index (χ0) is 95.1.